The normalized spacial score (nSPS) is 32.9. The smallest absolute Gasteiger partial charge is 0.228 e. The minimum Gasteiger partial charge on any atom is -0.354 e. The van der Waals surface area contributed by atoms with Crippen LogP contribution in [0.25, 0.3) is 0 Å². The van der Waals surface area contributed by atoms with Crippen molar-refractivity contribution in [2.75, 3.05) is 19.6 Å². The van der Waals surface area contributed by atoms with Crippen LogP contribution in [0.2, 0.25) is 0 Å². The minimum atomic E-state index is -0.300. The zero-order valence-corrected chi connectivity index (χ0v) is 10.5. The third kappa shape index (κ3) is 2.29. The summed E-state index contributed by atoms with van der Waals surface area (Å²) in [5.41, 5.74) is -0.300. The molecular formula is C12H21N3O2. The molecule has 17 heavy (non-hydrogen) atoms. The molecule has 0 aromatic carbocycles. The van der Waals surface area contributed by atoms with E-state index in [4.69, 9.17) is 0 Å². The summed E-state index contributed by atoms with van der Waals surface area (Å²) in [4.78, 5) is 23.5. The minimum absolute atomic E-state index is 0.0263. The van der Waals surface area contributed by atoms with Crippen LogP contribution in [0.1, 0.15) is 26.7 Å². The Labute approximate surface area is 102 Å². The van der Waals surface area contributed by atoms with E-state index in [1.165, 1.54) is 0 Å². The first-order valence-corrected chi connectivity index (χ1v) is 6.33. The highest BCUT2D eigenvalue weighted by molar-refractivity contribution is 5.86. The van der Waals surface area contributed by atoms with E-state index >= 15 is 0 Å². The van der Waals surface area contributed by atoms with E-state index in [2.05, 4.69) is 29.8 Å². The molecule has 2 saturated heterocycles. The van der Waals surface area contributed by atoms with E-state index in [-0.39, 0.29) is 23.3 Å². The average Bonchev–Trinajstić information content (AvgIpc) is 2.87. The van der Waals surface area contributed by atoms with Crippen molar-refractivity contribution in [1.29, 1.82) is 0 Å². The molecule has 0 aromatic heterocycles. The van der Waals surface area contributed by atoms with Crippen LogP contribution in [0.5, 0.6) is 0 Å². The van der Waals surface area contributed by atoms with Gasteiger partial charge >= 0.3 is 0 Å². The Hall–Kier alpha value is -1.10. The molecule has 2 amide bonds. The summed E-state index contributed by atoms with van der Waals surface area (Å²) in [6.45, 7) is 6.37. The van der Waals surface area contributed by atoms with E-state index in [1.54, 1.807) is 0 Å². The van der Waals surface area contributed by atoms with Gasteiger partial charge in [-0.1, -0.05) is 13.8 Å². The highest BCUT2D eigenvalue weighted by Crippen LogP contribution is 2.34. The zero-order chi connectivity index (χ0) is 12.5. The van der Waals surface area contributed by atoms with Gasteiger partial charge in [-0.05, 0) is 18.9 Å². The molecule has 2 atom stereocenters. The molecule has 96 valence electrons. The maximum Gasteiger partial charge on any atom is 0.228 e. The first-order chi connectivity index (χ1) is 8.04. The first-order valence-electron chi connectivity index (χ1n) is 6.33. The quantitative estimate of drug-likeness (QED) is 0.629. The van der Waals surface area contributed by atoms with Gasteiger partial charge in [0, 0.05) is 19.5 Å². The van der Waals surface area contributed by atoms with Gasteiger partial charge in [0.25, 0.3) is 0 Å². The van der Waals surface area contributed by atoms with E-state index in [1.807, 2.05) is 0 Å². The van der Waals surface area contributed by atoms with Gasteiger partial charge in [0.1, 0.15) is 0 Å². The van der Waals surface area contributed by atoms with Gasteiger partial charge in [-0.15, -0.1) is 0 Å². The van der Waals surface area contributed by atoms with Crippen LogP contribution in [0.4, 0.5) is 0 Å². The SMILES string of the molecule is CC(C)C1(C(=O)NC2CNC(=O)C2)CCNC1. The number of carbonyl (C=O) groups is 2. The summed E-state index contributed by atoms with van der Waals surface area (Å²) in [6.07, 6.45) is 1.29. The third-order valence-electron chi connectivity index (χ3n) is 4.06. The van der Waals surface area contributed by atoms with Gasteiger partial charge in [0.2, 0.25) is 11.8 Å². The number of nitrogens with one attached hydrogen (secondary N) is 3. The number of hydrogen-bond donors (Lipinski definition) is 3. The van der Waals surface area contributed by atoms with Crippen molar-refractivity contribution in [2.24, 2.45) is 11.3 Å². The molecule has 2 aliphatic heterocycles. The van der Waals surface area contributed by atoms with Crippen LogP contribution in [0.15, 0.2) is 0 Å². The lowest BCUT2D eigenvalue weighted by molar-refractivity contribution is -0.133. The number of carbonyl (C=O) groups excluding carboxylic acids is 2. The zero-order valence-electron chi connectivity index (χ0n) is 10.5. The van der Waals surface area contributed by atoms with Crippen molar-refractivity contribution in [2.45, 2.75) is 32.7 Å². The lowest BCUT2D eigenvalue weighted by atomic mass is 9.75. The molecule has 0 saturated carbocycles. The lowest BCUT2D eigenvalue weighted by Gasteiger charge is -2.32. The Bertz CT molecular complexity index is 322. The molecule has 2 rings (SSSR count). The molecule has 5 heteroatoms. The maximum absolute atomic E-state index is 12.4. The third-order valence-corrected chi connectivity index (χ3v) is 4.06. The molecule has 2 aliphatic rings. The molecule has 0 radical (unpaired) electrons. The standard InChI is InChI=1S/C12H21N3O2/c1-8(2)12(3-4-13-7-12)11(17)15-9-5-10(16)14-6-9/h8-9,13H,3-7H2,1-2H3,(H,14,16)(H,15,17). The summed E-state index contributed by atoms with van der Waals surface area (Å²) in [6, 6.07) is -0.0359. The first kappa shape index (κ1) is 12.4. The molecular weight excluding hydrogens is 218 g/mol. The molecule has 2 unspecified atom stereocenters. The molecule has 2 fully saturated rings. The second-order valence-electron chi connectivity index (χ2n) is 5.42. The van der Waals surface area contributed by atoms with Crippen LogP contribution < -0.4 is 16.0 Å². The molecule has 3 N–H and O–H groups in total. The Morgan fingerprint density at radius 1 is 1.53 bits per heavy atom. The number of rotatable bonds is 3. The van der Waals surface area contributed by atoms with Crippen molar-refractivity contribution in [3.05, 3.63) is 0 Å². The average molecular weight is 239 g/mol. The fraction of sp³-hybridized carbons (Fsp3) is 0.833. The van der Waals surface area contributed by atoms with Crippen molar-refractivity contribution in [3.63, 3.8) is 0 Å². The van der Waals surface area contributed by atoms with Crippen molar-refractivity contribution in [3.8, 4) is 0 Å². The number of hydrogen-bond acceptors (Lipinski definition) is 3. The predicted molar refractivity (Wildman–Crippen MR) is 64.3 cm³/mol. The molecule has 5 nitrogen and oxygen atoms in total. The summed E-state index contributed by atoms with van der Waals surface area (Å²) in [5, 5.41) is 9.01. The van der Waals surface area contributed by atoms with Gasteiger partial charge in [0.05, 0.1) is 11.5 Å². The largest absolute Gasteiger partial charge is 0.354 e. The van der Waals surface area contributed by atoms with E-state index in [0.717, 1.165) is 19.5 Å². The summed E-state index contributed by atoms with van der Waals surface area (Å²) < 4.78 is 0. The monoisotopic (exact) mass is 239 g/mol. The Morgan fingerprint density at radius 2 is 2.29 bits per heavy atom. The Balaban J connectivity index is 2.00. The van der Waals surface area contributed by atoms with Gasteiger partial charge in [-0.2, -0.15) is 0 Å². The maximum atomic E-state index is 12.4. The van der Waals surface area contributed by atoms with Crippen LogP contribution in [0, 0.1) is 11.3 Å². The molecule has 2 heterocycles. The Kier molecular flexibility index (Phi) is 3.38. The predicted octanol–water partition coefficient (Wildman–Crippen LogP) is -0.373. The van der Waals surface area contributed by atoms with Crippen LogP contribution in [-0.4, -0.2) is 37.5 Å². The number of amides is 2. The van der Waals surface area contributed by atoms with Gasteiger partial charge in [-0.25, -0.2) is 0 Å². The fourth-order valence-corrected chi connectivity index (χ4v) is 2.70. The van der Waals surface area contributed by atoms with E-state index in [0.29, 0.717) is 18.9 Å². The van der Waals surface area contributed by atoms with Crippen LogP contribution in [-0.2, 0) is 9.59 Å². The summed E-state index contributed by atoms with van der Waals surface area (Å²) >= 11 is 0. The van der Waals surface area contributed by atoms with Gasteiger partial charge < -0.3 is 16.0 Å². The molecule has 0 aliphatic carbocycles. The highest BCUT2D eigenvalue weighted by Gasteiger charge is 2.44. The Morgan fingerprint density at radius 3 is 2.76 bits per heavy atom. The summed E-state index contributed by atoms with van der Waals surface area (Å²) in [7, 11) is 0. The molecule has 0 spiro atoms. The van der Waals surface area contributed by atoms with Crippen molar-refractivity contribution in [1.82, 2.24) is 16.0 Å². The van der Waals surface area contributed by atoms with Gasteiger partial charge in [0.15, 0.2) is 0 Å². The van der Waals surface area contributed by atoms with Crippen LogP contribution >= 0.6 is 0 Å². The summed E-state index contributed by atoms with van der Waals surface area (Å²) in [5.74, 6) is 0.431. The van der Waals surface area contributed by atoms with Crippen LogP contribution in [0.3, 0.4) is 0 Å². The molecule has 0 aromatic rings. The van der Waals surface area contributed by atoms with Crippen molar-refractivity contribution >= 4 is 11.8 Å². The second-order valence-corrected chi connectivity index (χ2v) is 5.42. The lowest BCUT2D eigenvalue weighted by Crippen LogP contribution is -2.49. The van der Waals surface area contributed by atoms with E-state index in [9.17, 15) is 9.59 Å². The van der Waals surface area contributed by atoms with Gasteiger partial charge in [-0.3, -0.25) is 9.59 Å². The second kappa shape index (κ2) is 4.64. The molecule has 0 bridgehead atoms. The van der Waals surface area contributed by atoms with E-state index < -0.39 is 0 Å². The highest BCUT2D eigenvalue weighted by atomic mass is 16.2. The topological polar surface area (TPSA) is 70.2 Å². The van der Waals surface area contributed by atoms with Crippen molar-refractivity contribution < 1.29 is 9.59 Å². The fourth-order valence-electron chi connectivity index (χ4n) is 2.70.